The SMILES string of the molecule is Cl.NCC(CC(=S)Cc1ccc2cnccc2c1)c1cccc2ccccc12. The van der Waals surface area contributed by atoms with Crippen LogP contribution in [0, 0.1) is 0 Å². The van der Waals surface area contributed by atoms with E-state index in [2.05, 4.69) is 65.6 Å². The normalized spacial score (nSPS) is 11.9. The Morgan fingerprint density at radius 3 is 2.61 bits per heavy atom. The average molecular weight is 407 g/mol. The van der Waals surface area contributed by atoms with Gasteiger partial charge in [0.25, 0.3) is 0 Å². The van der Waals surface area contributed by atoms with E-state index in [4.69, 9.17) is 18.0 Å². The molecule has 1 aromatic heterocycles. The number of nitrogens with zero attached hydrogens (tertiary/aromatic N) is 1. The molecule has 142 valence electrons. The smallest absolute Gasteiger partial charge is 0.0346 e. The van der Waals surface area contributed by atoms with E-state index in [0.717, 1.165) is 23.1 Å². The highest BCUT2D eigenvalue weighted by Gasteiger charge is 2.15. The molecule has 0 saturated heterocycles. The summed E-state index contributed by atoms with van der Waals surface area (Å²) in [6, 6.07) is 23.4. The number of hydrogen-bond acceptors (Lipinski definition) is 3. The van der Waals surface area contributed by atoms with Crippen LogP contribution in [0.4, 0.5) is 0 Å². The maximum atomic E-state index is 6.15. The second-order valence-electron chi connectivity index (χ2n) is 6.98. The van der Waals surface area contributed by atoms with Crippen molar-refractivity contribution >= 4 is 51.0 Å². The minimum Gasteiger partial charge on any atom is -0.330 e. The molecule has 28 heavy (non-hydrogen) atoms. The van der Waals surface area contributed by atoms with Crippen LogP contribution in [-0.4, -0.2) is 16.4 Å². The number of nitrogens with two attached hydrogens (primary N) is 1. The summed E-state index contributed by atoms with van der Waals surface area (Å²) in [6.45, 7) is 0.595. The van der Waals surface area contributed by atoms with E-state index in [1.807, 2.05) is 18.5 Å². The van der Waals surface area contributed by atoms with E-state index in [9.17, 15) is 0 Å². The first-order valence-corrected chi connectivity index (χ1v) is 9.67. The average Bonchev–Trinajstić information content (AvgIpc) is 2.71. The molecule has 4 aromatic rings. The number of hydrogen-bond donors (Lipinski definition) is 1. The van der Waals surface area contributed by atoms with Crippen LogP contribution in [0.5, 0.6) is 0 Å². The van der Waals surface area contributed by atoms with Gasteiger partial charge in [0.1, 0.15) is 0 Å². The maximum absolute atomic E-state index is 6.15. The first-order chi connectivity index (χ1) is 13.2. The Bertz CT molecular complexity index is 1100. The van der Waals surface area contributed by atoms with Gasteiger partial charge in [-0.15, -0.1) is 12.4 Å². The van der Waals surface area contributed by atoms with E-state index in [-0.39, 0.29) is 18.3 Å². The molecule has 4 rings (SSSR count). The summed E-state index contributed by atoms with van der Waals surface area (Å²) in [5.74, 6) is 0.244. The molecular formula is C24H23ClN2S. The second-order valence-corrected chi connectivity index (χ2v) is 7.56. The van der Waals surface area contributed by atoms with Crippen LogP contribution in [0.15, 0.2) is 79.1 Å². The van der Waals surface area contributed by atoms with Crippen molar-refractivity contribution in [2.45, 2.75) is 18.8 Å². The van der Waals surface area contributed by atoms with Gasteiger partial charge in [-0.05, 0) is 51.2 Å². The molecule has 4 heteroatoms. The molecule has 0 aliphatic heterocycles. The summed E-state index contributed by atoms with van der Waals surface area (Å²) in [6.07, 6.45) is 5.35. The molecule has 1 unspecified atom stereocenters. The van der Waals surface area contributed by atoms with Gasteiger partial charge in [-0.1, -0.05) is 72.9 Å². The highest BCUT2D eigenvalue weighted by atomic mass is 35.5. The Hall–Kier alpha value is -2.33. The number of thiocarbonyl (C=S) groups is 1. The summed E-state index contributed by atoms with van der Waals surface area (Å²) >= 11 is 5.76. The van der Waals surface area contributed by atoms with Crippen molar-refractivity contribution < 1.29 is 0 Å². The van der Waals surface area contributed by atoms with Crippen LogP contribution >= 0.6 is 24.6 Å². The Morgan fingerprint density at radius 1 is 0.929 bits per heavy atom. The third-order valence-electron chi connectivity index (χ3n) is 5.13. The van der Waals surface area contributed by atoms with Gasteiger partial charge in [-0.2, -0.15) is 0 Å². The first-order valence-electron chi connectivity index (χ1n) is 9.26. The van der Waals surface area contributed by atoms with Crippen LogP contribution in [0.25, 0.3) is 21.5 Å². The predicted molar refractivity (Wildman–Crippen MR) is 126 cm³/mol. The molecule has 0 fully saturated rings. The molecule has 0 aliphatic carbocycles. The largest absolute Gasteiger partial charge is 0.330 e. The van der Waals surface area contributed by atoms with Gasteiger partial charge >= 0.3 is 0 Å². The minimum absolute atomic E-state index is 0. The van der Waals surface area contributed by atoms with E-state index in [1.54, 1.807) is 0 Å². The predicted octanol–water partition coefficient (Wildman–Crippen LogP) is 5.85. The van der Waals surface area contributed by atoms with Crippen molar-refractivity contribution in [2.24, 2.45) is 5.73 Å². The molecule has 0 spiro atoms. The third kappa shape index (κ3) is 4.39. The van der Waals surface area contributed by atoms with Crippen LogP contribution < -0.4 is 5.73 Å². The van der Waals surface area contributed by atoms with Crippen molar-refractivity contribution in [1.29, 1.82) is 0 Å². The third-order valence-corrected chi connectivity index (χ3v) is 5.44. The molecule has 0 saturated carbocycles. The van der Waals surface area contributed by atoms with Crippen molar-refractivity contribution in [1.82, 2.24) is 4.98 Å². The summed E-state index contributed by atoms with van der Waals surface area (Å²) in [5, 5.41) is 4.89. The minimum atomic E-state index is 0. The summed E-state index contributed by atoms with van der Waals surface area (Å²) in [5.41, 5.74) is 8.68. The van der Waals surface area contributed by atoms with Gasteiger partial charge in [0.2, 0.25) is 0 Å². The first kappa shape index (κ1) is 20.4. The molecule has 0 amide bonds. The zero-order valence-electron chi connectivity index (χ0n) is 15.5. The fourth-order valence-corrected chi connectivity index (χ4v) is 4.11. The number of halogens is 1. The lowest BCUT2D eigenvalue weighted by Crippen LogP contribution is -2.17. The van der Waals surface area contributed by atoms with Crippen molar-refractivity contribution in [3.63, 3.8) is 0 Å². The Labute approximate surface area is 177 Å². The van der Waals surface area contributed by atoms with E-state index in [1.165, 1.54) is 27.3 Å². The van der Waals surface area contributed by atoms with Gasteiger partial charge in [0.05, 0.1) is 0 Å². The van der Waals surface area contributed by atoms with Gasteiger partial charge in [-0.3, -0.25) is 4.98 Å². The summed E-state index contributed by atoms with van der Waals surface area (Å²) < 4.78 is 0. The molecule has 3 aromatic carbocycles. The molecule has 0 aliphatic rings. The molecule has 2 N–H and O–H groups in total. The van der Waals surface area contributed by atoms with Crippen molar-refractivity contribution in [2.75, 3.05) is 6.54 Å². The molecule has 0 bridgehead atoms. The number of aromatic nitrogens is 1. The molecule has 0 radical (unpaired) electrons. The topological polar surface area (TPSA) is 38.9 Å². The van der Waals surface area contributed by atoms with Gasteiger partial charge < -0.3 is 5.73 Å². The second kappa shape index (κ2) is 9.24. The van der Waals surface area contributed by atoms with Crippen LogP contribution in [-0.2, 0) is 6.42 Å². The summed E-state index contributed by atoms with van der Waals surface area (Å²) in [7, 11) is 0. The van der Waals surface area contributed by atoms with E-state index in [0.29, 0.717) is 6.54 Å². The van der Waals surface area contributed by atoms with E-state index < -0.39 is 0 Å². The Kier molecular flexibility index (Phi) is 6.74. The van der Waals surface area contributed by atoms with Gasteiger partial charge in [0, 0.05) is 30.1 Å². The van der Waals surface area contributed by atoms with Crippen LogP contribution in [0.3, 0.4) is 0 Å². The highest BCUT2D eigenvalue weighted by Crippen LogP contribution is 2.28. The monoisotopic (exact) mass is 406 g/mol. The van der Waals surface area contributed by atoms with Crippen molar-refractivity contribution in [3.8, 4) is 0 Å². The van der Waals surface area contributed by atoms with Crippen molar-refractivity contribution in [3.05, 3.63) is 90.3 Å². The standard InChI is InChI=1S/C24H22N2S.ClH/c25-15-21(24-7-3-5-18-4-1-2-6-23(18)24)14-22(27)13-17-8-9-20-16-26-11-10-19(20)12-17;/h1-12,16,21H,13-15,25H2;1H. The van der Waals surface area contributed by atoms with E-state index >= 15 is 0 Å². The zero-order chi connectivity index (χ0) is 18.6. The molecule has 2 nitrogen and oxygen atoms in total. The molecule has 1 heterocycles. The Morgan fingerprint density at radius 2 is 1.75 bits per heavy atom. The quantitative estimate of drug-likeness (QED) is 0.408. The Balaban J connectivity index is 0.00000225. The fourth-order valence-electron chi connectivity index (χ4n) is 3.74. The number of rotatable bonds is 6. The zero-order valence-corrected chi connectivity index (χ0v) is 17.2. The highest BCUT2D eigenvalue weighted by molar-refractivity contribution is 7.80. The lowest BCUT2D eigenvalue weighted by atomic mass is 9.89. The fraction of sp³-hybridized carbons (Fsp3) is 0.167. The number of fused-ring (bicyclic) bond motifs is 2. The molecule has 1 atom stereocenters. The van der Waals surface area contributed by atoms with Gasteiger partial charge in [-0.25, -0.2) is 0 Å². The van der Waals surface area contributed by atoms with Crippen LogP contribution in [0.2, 0.25) is 0 Å². The maximum Gasteiger partial charge on any atom is 0.0346 e. The summed E-state index contributed by atoms with van der Waals surface area (Å²) in [4.78, 5) is 5.22. The molecular weight excluding hydrogens is 384 g/mol. The lowest BCUT2D eigenvalue weighted by Gasteiger charge is -2.18. The lowest BCUT2D eigenvalue weighted by molar-refractivity contribution is 0.734. The van der Waals surface area contributed by atoms with Crippen LogP contribution in [0.1, 0.15) is 23.5 Å². The number of benzene rings is 3. The number of pyridine rings is 1. The van der Waals surface area contributed by atoms with Gasteiger partial charge in [0.15, 0.2) is 0 Å².